The first-order chi connectivity index (χ1) is 10.8. The van der Waals surface area contributed by atoms with E-state index in [1.54, 1.807) is 6.33 Å². The Labute approximate surface area is 127 Å². The maximum Gasteiger partial charge on any atom is 0.246 e. The van der Waals surface area contributed by atoms with Gasteiger partial charge in [-0.3, -0.25) is 0 Å². The first kappa shape index (κ1) is 12.8. The molecule has 0 unspecified atom stereocenters. The molecule has 0 radical (unpaired) electrons. The maximum atomic E-state index is 5.36. The third kappa shape index (κ3) is 2.26. The highest BCUT2D eigenvalue weighted by Crippen LogP contribution is 2.18. The Hall–Kier alpha value is -2.95. The van der Waals surface area contributed by atoms with Gasteiger partial charge in [0.05, 0.1) is 17.4 Å². The molecule has 108 valence electrons. The molecule has 5 nitrogen and oxygen atoms in total. The highest BCUT2D eigenvalue weighted by molar-refractivity contribution is 5.75. The molecule has 0 amide bonds. The van der Waals surface area contributed by atoms with Crippen LogP contribution in [0.1, 0.15) is 11.5 Å². The Balaban J connectivity index is 1.63. The number of fused-ring (bicyclic) bond motifs is 1. The zero-order valence-corrected chi connectivity index (χ0v) is 12.1. The minimum absolute atomic E-state index is 0.513. The topological polar surface area (TPSA) is 56.7 Å². The second-order valence-electron chi connectivity index (χ2n) is 5.24. The molecular weight excluding hydrogens is 276 g/mol. The highest BCUT2D eigenvalue weighted by Gasteiger charge is 2.10. The van der Waals surface area contributed by atoms with Gasteiger partial charge in [-0.25, -0.2) is 4.98 Å². The third-order valence-electron chi connectivity index (χ3n) is 3.61. The molecule has 2 aromatic carbocycles. The van der Waals surface area contributed by atoms with Gasteiger partial charge in [0.2, 0.25) is 11.7 Å². The lowest BCUT2D eigenvalue weighted by atomic mass is 10.1. The van der Waals surface area contributed by atoms with Crippen molar-refractivity contribution in [2.24, 2.45) is 0 Å². The Bertz CT molecular complexity index is 921. The van der Waals surface area contributed by atoms with Gasteiger partial charge in [-0.2, -0.15) is 4.98 Å². The van der Waals surface area contributed by atoms with Crippen LogP contribution in [0, 0.1) is 6.92 Å². The minimum atomic E-state index is 0.513. The predicted molar refractivity (Wildman–Crippen MR) is 83.3 cm³/mol. The van der Waals surface area contributed by atoms with E-state index in [1.807, 2.05) is 53.1 Å². The fourth-order valence-corrected chi connectivity index (χ4v) is 2.42. The first-order valence-corrected chi connectivity index (χ1v) is 7.09. The van der Waals surface area contributed by atoms with Crippen LogP contribution < -0.4 is 0 Å². The average molecular weight is 290 g/mol. The predicted octanol–water partition coefficient (Wildman–Crippen LogP) is 3.44. The minimum Gasteiger partial charge on any atom is -0.337 e. The molecule has 0 bridgehead atoms. The molecule has 0 spiro atoms. The molecule has 0 fully saturated rings. The summed E-state index contributed by atoms with van der Waals surface area (Å²) < 4.78 is 7.36. The molecule has 22 heavy (non-hydrogen) atoms. The van der Waals surface area contributed by atoms with Crippen LogP contribution in [0.25, 0.3) is 22.4 Å². The molecule has 0 atom stereocenters. The van der Waals surface area contributed by atoms with Crippen molar-refractivity contribution in [3.05, 3.63) is 66.3 Å². The van der Waals surface area contributed by atoms with Crippen molar-refractivity contribution in [2.75, 3.05) is 0 Å². The largest absolute Gasteiger partial charge is 0.337 e. The maximum absolute atomic E-state index is 5.36. The lowest BCUT2D eigenvalue weighted by Crippen LogP contribution is -1.98. The van der Waals surface area contributed by atoms with E-state index in [4.69, 9.17) is 4.52 Å². The van der Waals surface area contributed by atoms with Crippen LogP contribution in [0.2, 0.25) is 0 Å². The van der Waals surface area contributed by atoms with Gasteiger partial charge in [-0.05, 0) is 19.1 Å². The average Bonchev–Trinajstić information content (AvgIpc) is 3.16. The Morgan fingerprint density at radius 1 is 1.05 bits per heavy atom. The summed E-state index contributed by atoms with van der Waals surface area (Å²) in [7, 11) is 0. The molecular formula is C17H14N4O. The van der Waals surface area contributed by atoms with Crippen LogP contribution in [0.15, 0.2) is 59.4 Å². The van der Waals surface area contributed by atoms with Crippen LogP contribution >= 0.6 is 0 Å². The number of rotatable bonds is 3. The van der Waals surface area contributed by atoms with Crippen molar-refractivity contribution >= 4 is 11.0 Å². The number of hydrogen-bond donors (Lipinski definition) is 0. The van der Waals surface area contributed by atoms with E-state index in [0.717, 1.165) is 16.6 Å². The molecule has 4 aromatic rings. The van der Waals surface area contributed by atoms with Gasteiger partial charge in [0.15, 0.2) is 0 Å². The molecule has 4 rings (SSSR count). The second-order valence-corrected chi connectivity index (χ2v) is 5.24. The van der Waals surface area contributed by atoms with Crippen LogP contribution in [0.4, 0.5) is 0 Å². The fraction of sp³-hybridized carbons (Fsp3) is 0.118. The second kappa shape index (κ2) is 5.11. The summed E-state index contributed by atoms with van der Waals surface area (Å²) in [5.74, 6) is 1.18. The van der Waals surface area contributed by atoms with E-state index in [2.05, 4.69) is 22.0 Å². The SMILES string of the molecule is Cc1ccc(-c2noc(Cn3cnc4ccccc43)n2)cc1. The van der Waals surface area contributed by atoms with Crippen molar-refractivity contribution in [3.8, 4) is 11.4 Å². The van der Waals surface area contributed by atoms with Crippen molar-refractivity contribution in [2.45, 2.75) is 13.5 Å². The van der Waals surface area contributed by atoms with Crippen molar-refractivity contribution < 1.29 is 4.52 Å². The molecule has 0 N–H and O–H groups in total. The highest BCUT2D eigenvalue weighted by atomic mass is 16.5. The molecule has 5 heteroatoms. The lowest BCUT2D eigenvalue weighted by Gasteiger charge is -1.98. The standard InChI is InChI=1S/C17H14N4O/c1-12-6-8-13(9-7-12)17-19-16(22-20-17)10-21-11-18-14-4-2-3-5-15(14)21/h2-9,11H,10H2,1H3. The molecule has 0 aliphatic heterocycles. The molecule has 2 heterocycles. The Kier molecular flexibility index (Phi) is 2.96. The van der Waals surface area contributed by atoms with Gasteiger partial charge in [0.25, 0.3) is 0 Å². The van der Waals surface area contributed by atoms with E-state index in [1.165, 1.54) is 5.56 Å². The van der Waals surface area contributed by atoms with Crippen LogP contribution in [-0.4, -0.2) is 19.7 Å². The van der Waals surface area contributed by atoms with E-state index in [0.29, 0.717) is 18.3 Å². The van der Waals surface area contributed by atoms with Gasteiger partial charge < -0.3 is 9.09 Å². The normalized spacial score (nSPS) is 11.1. The number of aryl methyl sites for hydroxylation is 1. The fourth-order valence-electron chi connectivity index (χ4n) is 2.42. The van der Waals surface area contributed by atoms with Crippen LogP contribution in [-0.2, 0) is 6.54 Å². The van der Waals surface area contributed by atoms with Crippen molar-refractivity contribution in [1.29, 1.82) is 0 Å². The van der Waals surface area contributed by atoms with Crippen LogP contribution in [0.3, 0.4) is 0 Å². The van der Waals surface area contributed by atoms with Crippen molar-refractivity contribution in [1.82, 2.24) is 19.7 Å². The molecule has 2 aromatic heterocycles. The summed E-state index contributed by atoms with van der Waals surface area (Å²) in [5.41, 5.74) is 4.17. The number of nitrogens with zero attached hydrogens (tertiary/aromatic N) is 4. The van der Waals surface area contributed by atoms with Gasteiger partial charge in [0, 0.05) is 5.56 Å². The Morgan fingerprint density at radius 3 is 2.73 bits per heavy atom. The number of hydrogen-bond acceptors (Lipinski definition) is 4. The zero-order chi connectivity index (χ0) is 14.9. The van der Waals surface area contributed by atoms with Gasteiger partial charge >= 0.3 is 0 Å². The summed E-state index contributed by atoms with van der Waals surface area (Å²) in [6.07, 6.45) is 1.79. The third-order valence-corrected chi connectivity index (χ3v) is 3.61. The summed E-state index contributed by atoms with van der Waals surface area (Å²) in [5, 5.41) is 4.06. The lowest BCUT2D eigenvalue weighted by molar-refractivity contribution is 0.372. The molecule has 0 saturated carbocycles. The summed E-state index contributed by atoms with van der Waals surface area (Å²) >= 11 is 0. The summed E-state index contributed by atoms with van der Waals surface area (Å²) in [6.45, 7) is 2.56. The quantitative estimate of drug-likeness (QED) is 0.580. The number of imidazole rings is 1. The van der Waals surface area contributed by atoms with E-state index in [9.17, 15) is 0 Å². The van der Waals surface area contributed by atoms with Gasteiger partial charge in [0.1, 0.15) is 6.54 Å². The monoisotopic (exact) mass is 290 g/mol. The molecule has 0 aliphatic carbocycles. The van der Waals surface area contributed by atoms with Gasteiger partial charge in [-0.15, -0.1) is 0 Å². The summed E-state index contributed by atoms with van der Waals surface area (Å²) in [6, 6.07) is 16.0. The zero-order valence-electron chi connectivity index (χ0n) is 12.1. The molecule has 0 aliphatic rings. The Morgan fingerprint density at radius 2 is 1.86 bits per heavy atom. The first-order valence-electron chi connectivity index (χ1n) is 7.09. The van der Waals surface area contributed by atoms with E-state index in [-0.39, 0.29) is 0 Å². The van der Waals surface area contributed by atoms with Crippen LogP contribution in [0.5, 0.6) is 0 Å². The molecule has 0 saturated heterocycles. The number of para-hydroxylation sites is 2. The number of aromatic nitrogens is 4. The van der Waals surface area contributed by atoms with E-state index >= 15 is 0 Å². The smallest absolute Gasteiger partial charge is 0.246 e. The number of benzene rings is 2. The van der Waals surface area contributed by atoms with Gasteiger partial charge in [-0.1, -0.05) is 47.1 Å². The van der Waals surface area contributed by atoms with Crippen molar-refractivity contribution in [3.63, 3.8) is 0 Å². The summed E-state index contributed by atoms with van der Waals surface area (Å²) in [4.78, 5) is 8.83. The van der Waals surface area contributed by atoms with E-state index < -0.39 is 0 Å².